The zero-order chi connectivity index (χ0) is 18.2. The zero-order valence-electron chi connectivity index (χ0n) is 12.8. The molecule has 0 bridgehead atoms. The molecule has 0 fully saturated rings. The molecule has 7 heteroatoms. The third-order valence-electron chi connectivity index (χ3n) is 2.96. The maximum absolute atomic E-state index is 11.7. The molecule has 0 aliphatic carbocycles. The topological polar surface area (TPSA) is 58.2 Å². The third kappa shape index (κ3) is 6.63. The number of hydrogen-bond acceptors (Lipinski definition) is 2. The van der Waals surface area contributed by atoms with E-state index in [1.807, 2.05) is 0 Å². The zero-order valence-corrected chi connectivity index (χ0v) is 15.1. The van der Waals surface area contributed by atoms with Crippen LogP contribution in [-0.2, 0) is 9.59 Å². The molecule has 0 aliphatic heterocycles. The number of hydrogen-bond donors (Lipinski definition) is 2. The summed E-state index contributed by atoms with van der Waals surface area (Å²) < 4.78 is 0. The molecule has 2 rings (SSSR count). The first-order valence-corrected chi connectivity index (χ1v) is 8.24. The van der Waals surface area contributed by atoms with Crippen molar-refractivity contribution in [1.82, 2.24) is 10.9 Å². The predicted molar refractivity (Wildman–Crippen MR) is 102 cm³/mol. The molecule has 4 nitrogen and oxygen atoms in total. The van der Waals surface area contributed by atoms with Crippen LogP contribution in [0.15, 0.2) is 54.6 Å². The average molecular weight is 396 g/mol. The second-order valence-electron chi connectivity index (χ2n) is 4.87. The van der Waals surface area contributed by atoms with E-state index in [4.69, 9.17) is 34.8 Å². The van der Waals surface area contributed by atoms with E-state index >= 15 is 0 Å². The summed E-state index contributed by atoms with van der Waals surface area (Å²) in [5, 5.41) is 1.40. The second-order valence-corrected chi connectivity index (χ2v) is 6.12. The lowest BCUT2D eigenvalue weighted by Gasteiger charge is -2.02. The lowest BCUT2D eigenvalue weighted by atomic mass is 10.2. The summed E-state index contributed by atoms with van der Waals surface area (Å²) in [6.45, 7) is 0. The van der Waals surface area contributed by atoms with Crippen LogP contribution in [0.2, 0.25) is 15.1 Å². The Hall–Kier alpha value is -2.27. The fourth-order valence-corrected chi connectivity index (χ4v) is 2.28. The largest absolute Gasteiger partial charge is 0.268 e. The highest BCUT2D eigenvalue weighted by Gasteiger charge is 2.00. The van der Waals surface area contributed by atoms with Gasteiger partial charge in [0, 0.05) is 17.2 Å². The Kier molecular flexibility index (Phi) is 7.07. The fraction of sp³-hybridized carbons (Fsp3) is 0. The molecule has 0 aromatic heterocycles. The molecule has 0 radical (unpaired) electrons. The minimum atomic E-state index is -0.490. The number of carbonyl (C=O) groups is 2. The fourth-order valence-electron chi connectivity index (χ4n) is 1.78. The van der Waals surface area contributed by atoms with Gasteiger partial charge in [-0.25, -0.2) is 0 Å². The predicted octanol–water partition coefficient (Wildman–Crippen LogP) is 4.52. The summed E-state index contributed by atoms with van der Waals surface area (Å²) in [4.78, 5) is 23.3. The Bertz CT molecular complexity index is 848. The molecule has 0 atom stereocenters. The van der Waals surface area contributed by atoms with Crippen LogP contribution in [0.25, 0.3) is 12.2 Å². The van der Waals surface area contributed by atoms with Gasteiger partial charge in [-0.15, -0.1) is 0 Å². The summed E-state index contributed by atoms with van der Waals surface area (Å²) in [6, 6.07) is 12.0. The quantitative estimate of drug-likeness (QED) is 0.590. The maximum atomic E-state index is 11.7. The molecule has 0 aliphatic rings. The van der Waals surface area contributed by atoms with Crippen LogP contribution < -0.4 is 10.9 Å². The van der Waals surface area contributed by atoms with E-state index in [2.05, 4.69) is 10.9 Å². The number of rotatable bonds is 4. The van der Waals surface area contributed by atoms with Gasteiger partial charge >= 0.3 is 0 Å². The van der Waals surface area contributed by atoms with Crippen molar-refractivity contribution in [3.63, 3.8) is 0 Å². The number of halogens is 3. The van der Waals surface area contributed by atoms with Gasteiger partial charge in [0.2, 0.25) is 0 Å². The molecule has 2 amide bonds. The Morgan fingerprint density at radius 3 is 1.92 bits per heavy atom. The van der Waals surface area contributed by atoms with Gasteiger partial charge < -0.3 is 0 Å². The van der Waals surface area contributed by atoms with Crippen LogP contribution in [0.3, 0.4) is 0 Å². The van der Waals surface area contributed by atoms with Gasteiger partial charge in [-0.05, 0) is 47.5 Å². The molecule has 2 N–H and O–H groups in total. The second kappa shape index (κ2) is 9.28. The highest BCUT2D eigenvalue weighted by atomic mass is 35.5. The Balaban J connectivity index is 1.83. The first-order valence-electron chi connectivity index (χ1n) is 7.11. The number of hydrazine groups is 1. The molecule has 0 unspecified atom stereocenters. The molecule has 2 aromatic carbocycles. The average Bonchev–Trinajstić information content (AvgIpc) is 2.59. The molecule has 0 heterocycles. The van der Waals surface area contributed by atoms with Gasteiger partial charge in [0.15, 0.2) is 0 Å². The van der Waals surface area contributed by atoms with Crippen molar-refractivity contribution in [3.05, 3.63) is 80.8 Å². The van der Waals surface area contributed by atoms with E-state index in [0.717, 1.165) is 5.56 Å². The summed E-state index contributed by atoms with van der Waals surface area (Å²) in [5.41, 5.74) is 6.01. The summed E-state index contributed by atoms with van der Waals surface area (Å²) in [5.74, 6) is -0.966. The van der Waals surface area contributed by atoms with Crippen molar-refractivity contribution >= 4 is 58.8 Å². The molecule has 0 saturated heterocycles. The lowest BCUT2D eigenvalue weighted by molar-refractivity contribution is -0.123. The van der Waals surface area contributed by atoms with E-state index in [1.165, 1.54) is 12.2 Å². The van der Waals surface area contributed by atoms with Crippen LogP contribution in [0.4, 0.5) is 0 Å². The van der Waals surface area contributed by atoms with E-state index in [-0.39, 0.29) is 0 Å². The smallest absolute Gasteiger partial charge is 0.262 e. The first kappa shape index (κ1) is 19.1. The van der Waals surface area contributed by atoms with Crippen LogP contribution >= 0.6 is 34.8 Å². The summed E-state index contributed by atoms with van der Waals surface area (Å²) >= 11 is 17.6. The van der Waals surface area contributed by atoms with E-state index < -0.39 is 11.8 Å². The summed E-state index contributed by atoms with van der Waals surface area (Å²) in [6.07, 6.45) is 5.68. The van der Waals surface area contributed by atoms with Crippen molar-refractivity contribution < 1.29 is 9.59 Å². The van der Waals surface area contributed by atoms with Crippen molar-refractivity contribution in [3.8, 4) is 0 Å². The molecular weight excluding hydrogens is 383 g/mol. The SMILES string of the molecule is O=C(/C=C/c1cccc(Cl)c1)NNC(=O)/C=C/c1ccc(Cl)c(Cl)c1. The van der Waals surface area contributed by atoms with Gasteiger partial charge in [0.1, 0.15) is 0 Å². The van der Waals surface area contributed by atoms with Crippen LogP contribution in [0, 0.1) is 0 Å². The van der Waals surface area contributed by atoms with Crippen molar-refractivity contribution in [2.45, 2.75) is 0 Å². The van der Waals surface area contributed by atoms with Crippen LogP contribution in [0.5, 0.6) is 0 Å². The van der Waals surface area contributed by atoms with E-state index in [0.29, 0.717) is 20.6 Å². The molecular formula is C18H13Cl3N2O2. The van der Waals surface area contributed by atoms with Crippen molar-refractivity contribution in [2.24, 2.45) is 0 Å². The molecule has 2 aromatic rings. The molecule has 0 saturated carbocycles. The minimum absolute atomic E-state index is 0.392. The Morgan fingerprint density at radius 2 is 1.36 bits per heavy atom. The van der Waals surface area contributed by atoms with Gasteiger partial charge in [0.05, 0.1) is 10.0 Å². The minimum Gasteiger partial charge on any atom is -0.268 e. The Labute approximate surface area is 160 Å². The van der Waals surface area contributed by atoms with E-state index in [9.17, 15) is 9.59 Å². The van der Waals surface area contributed by atoms with Crippen LogP contribution in [-0.4, -0.2) is 11.8 Å². The highest BCUT2D eigenvalue weighted by molar-refractivity contribution is 6.42. The lowest BCUT2D eigenvalue weighted by Crippen LogP contribution is -2.39. The Morgan fingerprint density at radius 1 is 0.760 bits per heavy atom. The van der Waals surface area contributed by atoms with Gasteiger partial charge in [0.25, 0.3) is 11.8 Å². The standard InChI is InChI=1S/C18H13Cl3N2O2/c19-14-3-1-2-12(10-14)5-8-17(24)22-23-18(25)9-6-13-4-7-15(20)16(21)11-13/h1-11H,(H,22,24)(H,23,25)/b8-5+,9-6+. The highest BCUT2D eigenvalue weighted by Crippen LogP contribution is 2.23. The molecule has 128 valence electrons. The normalized spacial score (nSPS) is 11.0. The third-order valence-corrected chi connectivity index (χ3v) is 3.93. The van der Waals surface area contributed by atoms with Gasteiger partial charge in [-0.1, -0.05) is 53.0 Å². The van der Waals surface area contributed by atoms with Crippen molar-refractivity contribution in [1.29, 1.82) is 0 Å². The maximum Gasteiger partial charge on any atom is 0.262 e. The number of nitrogens with one attached hydrogen (secondary N) is 2. The first-order chi connectivity index (χ1) is 11.9. The number of benzene rings is 2. The molecule has 0 spiro atoms. The monoisotopic (exact) mass is 394 g/mol. The van der Waals surface area contributed by atoms with Gasteiger partial charge in [-0.3, -0.25) is 20.4 Å². The summed E-state index contributed by atoms with van der Waals surface area (Å²) in [7, 11) is 0. The van der Waals surface area contributed by atoms with Crippen molar-refractivity contribution in [2.75, 3.05) is 0 Å². The number of amides is 2. The number of carbonyl (C=O) groups excluding carboxylic acids is 2. The van der Waals surface area contributed by atoms with Gasteiger partial charge in [-0.2, -0.15) is 0 Å². The molecule has 25 heavy (non-hydrogen) atoms. The van der Waals surface area contributed by atoms with E-state index in [1.54, 1.807) is 54.6 Å². The van der Waals surface area contributed by atoms with Crippen LogP contribution in [0.1, 0.15) is 11.1 Å².